The molecule has 3 rings (SSSR count). The van der Waals surface area contributed by atoms with Crippen LogP contribution in [0, 0.1) is 0 Å². The van der Waals surface area contributed by atoms with Crippen LogP contribution in [0.5, 0.6) is 0 Å². The molecule has 1 amide bonds. The fraction of sp³-hybridized carbons (Fsp3) is 0.524. The molecule has 1 aromatic heterocycles. The standard InChI is InChI=1S/C21H31N5O/c1-3-26(14-13-25-11-6-4-5-7-12-25)21(27)18-9-8-10-19(15-18)23-20-16-22-24(2)17-20/h8-10,15-17,23H,3-7,11-14H2,1-2H3. The molecule has 6 heteroatoms. The minimum Gasteiger partial charge on any atom is -0.353 e. The summed E-state index contributed by atoms with van der Waals surface area (Å²) in [6.45, 7) is 6.86. The van der Waals surface area contributed by atoms with Crippen molar-refractivity contribution in [2.75, 3.05) is 38.0 Å². The zero-order valence-electron chi connectivity index (χ0n) is 16.5. The Bertz CT molecular complexity index is 734. The maximum absolute atomic E-state index is 13.0. The number of aromatic nitrogens is 2. The summed E-state index contributed by atoms with van der Waals surface area (Å²) in [5, 5.41) is 7.47. The van der Waals surface area contributed by atoms with Gasteiger partial charge in [-0.15, -0.1) is 0 Å². The van der Waals surface area contributed by atoms with Gasteiger partial charge >= 0.3 is 0 Å². The molecule has 0 unspecified atom stereocenters. The maximum Gasteiger partial charge on any atom is 0.253 e. The summed E-state index contributed by atoms with van der Waals surface area (Å²) in [6, 6.07) is 7.71. The average Bonchev–Trinajstić information content (AvgIpc) is 2.92. The molecule has 1 aliphatic rings. The highest BCUT2D eigenvalue weighted by Crippen LogP contribution is 2.18. The van der Waals surface area contributed by atoms with Crippen molar-refractivity contribution >= 4 is 17.3 Å². The van der Waals surface area contributed by atoms with Crippen LogP contribution in [-0.4, -0.2) is 58.2 Å². The van der Waals surface area contributed by atoms with Gasteiger partial charge < -0.3 is 15.1 Å². The van der Waals surface area contributed by atoms with Crippen LogP contribution in [0.25, 0.3) is 0 Å². The molecule has 27 heavy (non-hydrogen) atoms. The number of nitrogens with zero attached hydrogens (tertiary/aromatic N) is 4. The van der Waals surface area contributed by atoms with Gasteiger partial charge in [0, 0.05) is 44.1 Å². The molecule has 0 bridgehead atoms. The Kier molecular flexibility index (Phi) is 6.87. The van der Waals surface area contributed by atoms with E-state index >= 15 is 0 Å². The molecule has 1 aromatic carbocycles. The number of benzene rings is 1. The zero-order chi connectivity index (χ0) is 19.1. The third-order valence-corrected chi connectivity index (χ3v) is 5.16. The first-order valence-electron chi connectivity index (χ1n) is 10.0. The molecule has 1 N–H and O–H groups in total. The van der Waals surface area contributed by atoms with Gasteiger partial charge in [0.2, 0.25) is 0 Å². The van der Waals surface area contributed by atoms with Crippen molar-refractivity contribution in [3.05, 3.63) is 42.2 Å². The first-order valence-corrected chi connectivity index (χ1v) is 10.0. The van der Waals surface area contributed by atoms with E-state index in [-0.39, 0.29) is 5.91 Å². The number of hydrogen-bond donors (Lipinski definition) is 1. The number of nitrogens with one attached hydrogen (secondary N) is 1. The molecule has 0 aliphatic carbocycles. The van der Waals surface area contributed by atoms with Crippen LogP contribution in [0.15, 0.2) is 36.7 Å². The van der Waals surface area contributed by atoms with Gasteiger partial charge in [-0.1, -0.05) is 18.9 Å². The van der Waals surface area contributed by atoms with Crippen molar-refractivity contribution in [1.29, 1.82) is 0 Å². The molecule has 2 aromatic rings. The van der Waals surface area contributed by atoms with E-state index in [9.17, 15) is 4.79 Å². The summed E-state index contributed by atoms with van der Waals surface area (Å²) in [4.78, 5) is 17.4. The monoisotopic (exact) mass is 369 g/mol. The topological polar surface area (TPSA) is 53.4 Å². The van der Waals surface area contributed by atoms with E-state index in [1.807, 2.05) is 42.4 Å². The summed E-state index contributed by atoms with van der Waals surface area (Å²) in [5.74, 6) is 0.0992. The predicted octanol–water partition coefficient (Wildman–Crippen LogP) is 3.50. The van der Waals surface area contributed by atoms with Gasteiger partial charge in [0.25, 0.3) is 5.91 Å². The van der Waals surface area contributed by atoms with Crippen LogP contribution in [0.1, 0.15) is 43.0 Å². The van der Waals surface area contributed by atoms with Crippen molar-refractivity contribution in [3.63, 3.8) is 0 Å². The number of carbonyl (C=O) groups is 1. The largest absolute Gasteiger partial charge is 0.353 e. The first kappa shape index (κ1) is 19.4. The van der Waals surface area contributed by atoms with Gasteiger partial charge in [0.15, 0.2) is 0 Å². The Balaban J connectivity index is 1.61. The van der Waals surface area contributed by atoms with Crippen LogP contribution >= 0.6 is 0 Å². The van der Waals surface area contributed by atoms with Crippen molar-refractivity contribution < 1.29 is 4.79 Å². The minimum atomic E-state index is 0.0992. The highest BCUT2D eigenvalue weighted by Gasteiger charge is 2.16. The van der Waals surface area contributed by atoms with Crippen molar-refractivity contribution in [3.8, 4) is 0 Å². The third-order valence-electron chi connectivity index (χ3n) is 5.16. The molecular weight excluding hydrogens is 338 g/mol. The van der Waals surface area contributed by atoms with Gasteiger partial charge in [0.05, 0.1) is 11.9 Å². The molecule has 0 spiro atoms. The van der Waals surface area contributed by atoms with E-state index in [0.717, 1.165) is 49.7 Å². The lowest BCUT2D eigenvalue weighted by atomic mass is 10.1. The predicted molar refractivity (Wildman–Crippen MR) is 109 cm³/mol. The number of hydrogen-bond acceptors (Lipinski definition) is 4. The van der Waals surface area contributed by atoms with Crippen LogP contribution in [0.3, 0.4) is 0 Å². The molecule has 146 valence electrons. The molecule has 2 heterocycles. The number of likely N-dealkylation sites (N-methyl/N-ethyl adjacent to an activating group) is 1. The van der Waals surface area contributed by atoms with Crippen molar-refractivity contribution in [1.82, 2.24) is 19.6 Å². The van der Waals surface area contributed by atoms with Crippen molar-refractivity contribution in [2.24, 2.45) is 7.05 Å². The van der Waals surface area contributed by atoms with E-state index < -0.39 is 0 Å². The fourth-order valence-electron chi connectivity index (χ4n) is 3.59. The van der Waals surface area contributed by atoms with Crippen LogP contribution < -0.4 is 5.32 Å². The van der Waals surface area contributed by atoms with Crippen LogP contribution in [0.4, 0.5) is 11.4 Å². The SMILES string of the molecule is CCN(CCN1CCCCCC1)C(=O)c1cccc(Nc2cnn(C)c2)c1. The number of likely N-dealkylation sites (tertiary alicyclic amines) is 1. The van der Waals surface area contributed by atoms with E-state index in [4.69, 9.17) is 0 Å². The third kappa shape index (κ3) is 5.57. The summed E-state index contributed by atoms with van der Waals surface area (Å²) in [7, 11) is 1.88. The average molecular weight is 370 g/mol. The molecule has 0 saturated carbocycles. The fourth-order valence-corrected chi connectivity index (χ4v) is 3.59. The summed E-state index contributed by atoms with van der Waals surface area (Å²) >= 11 is 0. The molecule has 0 atom stereocenters. The van der Waals surface area contributed by atoms with E-state index in [2.05, 4.69) is 22.2 Å². The van der Waals surface area contributed by atoms with E-state index in [1.165, 1.54) is 25.7 Å². The smallest absolute Gasteiger partial charge is 0.253 e. The molecule has 1 saturated heterocycles. The molecule has 0 radical (unpaired) electrons. The molecule has 1 aliphatic heterocycles. The quantitative estimate of drug-likeness (QED) is 0.812. The Morgan fingerprint density at radius 2 is 1.96 bits per heavy atom. The lowest BCUT2D eigenvalue weighted by Crippen LogP contribution is -2.39. The zero-order valence-corrected chi connectivity index (χ0v) is 16.5. The molecule has 1 fully saturated rings. The van der Waals surface area contributed by atoms with Gasteiger partial charge in [-0.3, -0.25) is 9.48 Å². The second kappa shape index (κ2) is 9.55. The Hall–Kier alpha value is -2.34. The Morgan fingerprint density at radius 1 is 1.19 bits per heavy atom. The van der Waals surface area contributed by atoms with Gasteiger partial charge in [-0.2, -0.15) is 5.10 Å². The van der Waals surface area contributed by atoms with E-state index in [1.54, 1.807) is 10.9 Å². The number of rotatable bonds is 7. The maximum atomic E-state index is 13.0. The summed E-state index contributed by atoms with van der Waals surface area (Å²) in [6.07, 6.45) is 8.92. The van der Waals surface area contributed by atoms with Crippen LogP contribution in [-0.2, 0) is 7.05 Å². The normalized spacial score (nSPS) is 15.3. The van der Waals surface area contributed by atoms with Gasteiger partial charge in [0.1, 0.15) is 0 Å². The summed E-state index contributed by atoms with van der Waals surface area (Å²) < 4.78 is 1.75. The van der Waals surface area contributed by atoms with E-state index in [0.29, 0.717) is 0 Å². The van der Waals surface area contributed by atoms with Crippen molar-refractivity contribution in [2.45, 2.75) is 32.6 Å². The number of amides is 1. The number of aryl methyl sites for hydroxylation is 1. The highest BCUT2D eigenvalue weighted by molar-refractivity contribution is 5.95. The second-order valence-corrected chi connectivity index (χ2v) is 7.25. The first-order chi connectivity index (χ1) is 13.2. The minimum absolute atomic E-state index is 0.0992. The highest BCUT2D eigenvalue weighted by atomic mass is 16.2. The lowest BCUT2D eigenvalue weighted by Gasteiger charge is -2.26. The van der Waals surface area contributed by atoms with Gasteiger partial charge in [-0.05, 0) is 51.1 Å². The number of anilines is 2. The van der Waals surface area contributed by atoms with Crippen LogP contribution in [0.2, 0.25) is 0 Å². The molecule has 6 nitrogen and oxygen atoms in total. The summed E-state index contributed by atoms with van der Waals surface area (Å²) in [5.41, 5.74) is 2.54. The lowest BCUT2D eigenvalue weighted by molar-refractivity contribution is 0.0745. The van der Waals surface area contributed by atoms with Gasteiger partial charge in [-0.25, -0.2) is 0 Å². The second-order valence-electron chi connectivity index (χ2n) is 7.25. The molecular formula is C21H31N5O. The number of carbonyl (C=O) groups excluding carboxylic acids is 1. The Labute approximate surface area is 162 Å². The Morgan fingerprint density at radius 3 is 2.63 bits per heavy atom.